The molecule has 0 unspecified atom stereocenters. The molecule has 4 nitrogen and oxygen atoms in total. The van der Waals surface area contributed by atoms with E-state index in [4.69, 9.17) is 0 Å². The standard InChI is InChI=1S/C14H17N3O/c1-11(18)16-9-8-15-10-13-5-2-4-12-6-3-7-17-14(12)13/h2-7,15H,8-10H2,1H3,(H,16,18). The Kier molecular flexibility index (Phi) is 4.25. The highest BCUT2D eigenvalue weighted by atomic mass is 16.1. The summed E-state index contributed by atoms with van der Waals surface area (Å²) >= 11 is 0. The molecule has 0 radical (unpaired) electrons. The lowest BCUT2D eigenvalue weighted by Gasteiger charge is -2.07. The Bertz CT molecular complexity index is 534. The fraction of sp³-hybridized carbons (Fsp3) is 0.286. The normalized spacial score (nSPS) is 10.5. The van der Waals surface area contributed by atoms with Crippen molar-refractivity contribution in [3.05, 3.63) is 42.1 Å². The molecule has 2 N–H and O–H groups in total. The van der Waals surface area contributed by atoms with Crippen LogP contribution in [0.25, 0.3) is 10.9 Å². The highest BCUT2D eigenvalue weighted by Crippen LogP contribution is 2.15. The second-order valence-electron chi connectivity index (χ2n) is 4.15. The van der Waals surface area contributed by atoms with E-state index in [1.807, 2.05) is 18.3 Å². The van der Waals surface area contributed by atoms with Crippen LogP contribution in [0, 0.1) is 0 Å². The van der Waals surface area contributed by atoms with Crippen LogP contribution in [0.4, 0.5) is 0 Å². The Balaban J connectivity index is 1.93. The molecule has 0 saturated carbocycles. The molecule has 1 aromatic carbocycles. The van der Waals surface area contributed by atoms with Crippen LogP contribution >= 0.6 is 0 Å². The van der Waals surface area contributed by atoms with Gasteiger partial charge in [-0.2, -0.15) is 0 Å². The molecule has 1 amide bonds. The van der Waals surface area contributed by atoms with E-state index in [9.17, 15) is 4.79 Å². The number of rotatable bonds is 5. The number of hydrogen-bond acceptors (Lipinski definition) is 3. The summed E-state index contributed by atoms with van der Waals surface area (Å²) in [6, 6.07) is 10.2. The van der Waals surface area contributed by atoms with Crippen LogP contribution in [-0.2, 0) is 11.3 Å². The summed E-state index contributed by atoms with van der Waals surface area (Å²) < 4.78 is 0. The van der Waals surface area contributed by atoms with E-state index in [0.29, 0.717) is 6.54 Å². The van der Waals surface area contributed by atoms with Crippen LogP contribution < -0.4 is 10.6 Å². The molecule has 0 aliphatic carbocycles. The lowest BCUT2D eigenvalue weighted by molar-refractivity contribution is -0.118. The van der Waals surface area contributed by atoms with E-state index in [-0.39, 0.29) is 5.91 Å². The minimum Gasteiger partial charge on any atom is -0.355 e. The second kappa shape index (κ2) is 6.12. The van der Waals surface area contributed by atoms with Crippen LogP contribution in [0.5, 0.6) is 0 Å². The number of carbonyl (C=O) groups is 1. The number of amides is 1. The molecular weight excluding hydrogens is 226 g/mol. The lowest BCUT2D eigenvalue weighted by Crippen LogP contribution is -2.29. The zero-order valence-electron chi connectivity index (χ0n) is 10.4. The number of para-hydroxylation sites is 1. The fourth-order valence-corrected chi connectivity index (χ4v) is 1.86. The first-order valence-electron chi connectivity index (χ1n) is 6.05. The Morgan fingerprint density at radius 1 is 1.22 bits per heavy atom. The van der Waals surface area contributed by atoms with Crippen molar-refractivity contribution in [2.24, 2.45) is 0 Å². The summed E-state index contributed by atoms with van der Waals surface area (Å²) in [5.41, 5.74) is 2.21. The minimum absolute atomic E-state index is 0.00336. The van der Waals surface area contributed by atoms with E-state index in [1.165, 1.54) is 12.5 Å². The van der Waals surface area contributed by atoms with Crippen molar-refractivity contribution in [1.29, 1.82) is 0 Å². The Hall–Kier alpha value is -1.94. The molecule has 0 saturated heterocycles. The Morgan fingerprint density at radius 2 is 2.06 bits per heavy atom. The topological polar surface area (TPSA) is 54.0 Å². The summed E-state index contributed by atoms with van der Waals surface area (Å²) in [5, 5.41) is 7.20. The minimum atomic E-state index is 0.00336. The van der Waals surface area contributed by atoms with Crippen molar-refractivity contribution in [3.8, 4) is 0 Å². The summed E-state index contributed by atoms with van der Waals surface area (Å²) in [5.74, 6) is 0.00336. The third-order valence-electron chi connectivity index (χ3n) is 2.71. The second-order valence-corrected chi connectivity index (χ2v) is 4.15. The van der Waals surface area contributed by atoms with Gasteiger partial charge >= 0.3 is 0 Å². The van der Waals surface area contributed by atoms with E-state index in [1.54, 1.807) is 0 Å². The molecule has 0 fully saturated rings. The summed E-state index contributed by atoms with van der Waals surface area (Å²) in [6.45, 7) is 3.68. The number of nitrogens with zero attached hydrogens (tertiary/aromatic N) is 1. The summed E-state index contributed by atoms with van der Waals surface area (Å²) in [6.07, 6.45) is 1.81. The van der Waals surface area contributed by atoms with Crippen molar-refractivity contribution in [2.75, 3.05) is 13.1 Å². The quantitative estimate of drug-likeness (QED) is 0.782. The van der Waals surface area contributed by atoms with Crippen LogP contribution in [0.1, 0.15) is 12.5 Å². The van der Waals surface area contributed by atoms with Gasteiger partial charge < -0.3 is 10.6 Å². The van der Waals surface area contributed by atoms with Crippen LogP contribution in [0.15, 0.2) is 36.5 Å². The van der Waals surface area contributed by atoms with E-state index < -0.39 is 0 Å². The van der Waals surface area contributed by atoms with Crippen molar-refractivity contribution in [1.82, 2.24) is 15.6 Å². The van der Waals surface area contributed by atoms with Crippen molar-refractivity contribution in [2.45, 2.75) is 13.5 Å². The molecule has 4 heteroatoms. The van der Waals surface area contributed by atoms with E-state index >= 15 is 0 Å². The summed E-state index contributed by atoms with van der Waals surface area (Å²) in [4.78, 5) is 15.1. The number of pyridine rings is 1. The van der Waals surface area contributed by atoms with Crippen molar-refractivity contribution < 1.29 is 4.79 Å². The van der Waals surface area contributed by atoms with E-state index in [0.717, 1.165) is 24.0 Å². The van der Waals surface area contributed by atoms with Gasteiger partial charge in [-0.05, 0) is 11.6 Å². The van der Waals surface area contributed by atoms with Gasteiger partial charge in [0.1, 0.15) is 0 Å². The van der Waals surface area contributed by atoms with Gasteiger partial charge in [0.05, 0.1) is 5.52 Å². The third-order valence-corrected chi connectivity index (χ3v) is 2.71. The maximum atomic E-state index is 10.7. The molecule has 18 heavy (non-hydrogen) atoms. The van der Waals surface area contributed by atoms with Gasteiger partial charge in [-0.25, -0.2) is 0 Å². The van der Waals surface area contributed by atoms with Gasteiger partial charge in [0.15, 0.2) is 0 Å². The zero-order valence-corrected chi connectivity index (χ0v) is 10.4. The average Bonchev–Trinajstić information content (AvgIpc) is 2.38. The molecule has 94 valence electrons. The summed E-state index contributed by atoms with van der Waals surface area (Å²) in [7, 11) is 0. The van der Waals surface area contributed by atoms with Gasteiger partial charge in [0.25, 0.3) is 0 Å². The predicted octanol–water partition coefficient (Wildman–Crippen LogP) is 1.46. The molecule has 1 heterocycles. The number of nitrogens with one attached hydrogen (secondary N) is 2. The molecule has 2 rings (SSSR count). The fourth-order valence-electron chi connectivity index (χ4n) is 1.86. The Morgan fingerprint density at radius 3 is 2.89 bits per heavy atom. The maximum absolute atomic E-state index is 10.7. The highest BCUT2D eigenvalue weighted by Gasteiger charge is 2.00. The van der Waals surface area contributed by atoms with Gasteiger partial charge in [0.2, 0.25) is 5.91 Å². The molecule has 0 aliphatic heterocycles. The Labute approximate surface area is 106 Å². The maximum Gasteiger partial charge on any atom is 0.216 e. The number of benzene rings is 1. The first kappa shape index (κ1) is 12.5. The largest absolute Gasteiger partial charge is 0.355 e. The van der Waals surface area contributed by atoms with Crippen molar-refractivity contribution in [3.63, 3.8) is 0 Å². The number of fused-ring (bicyclic) bond motifs is 1. The molecule has 0 spiro atoms. The molecule has 0 aliphatic rings. The van der Waals surface area contributed by atoms with Gasteiger partial charge in [0, 0.05) is 38.1 Å². The van der Waals surface area contributed by atoms with E-state index in [2.05, 4.69) is 33.8 Å². The van der Waals surface area contributed by atoms with Gasteiger partial charge in [-0.15, -0.1) is 0 Å². The monoisotopic (exact) mass is 243 g/mol. The smallest absolute Gasteiger partial charge is 0.216 e. The number of hydrogen-bond donors (Lipinski definition) is 2. The molecule has 0 bridgehead atoms. The number of carbonyl (C=O) groups excluding carboxylic acids is 1. The molecule has 2 aromatic rings. The first-order valence-corrected chi connectivity index (χ1v) is 6.05. The number of aromatic nitrogens is 1. The molecule has 0 atom stereocenters. The average molecular weight is 243 g/mol. The predicted molar refractivity (Wildman–Crippen MR) is 72.1 cm³/mol. The zero-order chi connectivity index (χ0) is 12.8. The van der Waals surface area contributed by atoms with Crippen LogP contribution in [0.2, 0.25) is 0 Å². The highest BCUT2D eigenvalue weighted by molar-refractivity contribution is 5.81. The van der Waals surface area contributed by atoms with Crippen LogP contribution in [0.3, 0.4) is 0 Å². The lowest BCUT2D eigenvalue weighted by atomic mass is 10.1. The van der Waals surface area contributed by atoms with Crippen LogP contribution in [-0.4, -0.2) is 24.0 Å². The van der Waals surface area contributed by atoms with Gasteiger partial charge in [-0.3, -0.25) is 9.78 Å². The van der Waals surface area contributed by atoms with Crippen molar-refractivity contribution >= 4 is 16.8 Å². The SMILES string of the molecule is CC(=O)NCCNCc1cccc2cccnc12. The third kappa shape index (κ3) is 3.28. The molecule has 1 aromatic heterocycles. The van der Waals surface area contributed by atoms with Gasteiger partial charge in [-0.1, -0.05) is 24.3 Å². The molecular formula is C14H17N3O. The first-order chi connectivity index (χ1) is 8.77.